The molecule has 19 heavy (non-hydrogen) atoms. The van der Waals surface area contributed by atoms with Crippen LogP contribution in [0.15, 0.2) is 10.6 Å². The van der Waals surface area contributed by atoms with E-state index < -0.39 is 0 Å². The van der Waals surface area contributed by atoms with Crippen LogP contribution in [0.4, 0.5) is 0 Å². The molecule has 3 heterocycles. The van der Waals surface area contributed by atoms with E-state index in [-0.39, 0.29) is 0 Å². The summed E-state index contributed by atoms with van der Waals surface area (Å²) in [6.07, 6.45) is 2.93. The van der Waals surface area contributed by atoms with Crippen LogP contribution in [0.3, 0.4) is 0 Å². The lowest BCUT2D eigenvalue weighted by molar-refractivity contribution is 0.239. The molecule has 0 aliphatic carbocycles. The molecule has 2 aromatic rings. The van der Waals surface area contributed by atoms with Crippen LogP contribution >= 0.6 is 0 Å². The van der Waals surface area contributed by atoms with Gasteiger partial charge in [0.2, 0.25) is 0 Å². The summed E-state index contributed by atoms with van der Waals surface area (Å²) in [4.78, 5) is 15.6. The lowest BCUT2D eigenvalue weighted by Crippen LogP contribution is -2.31. The predicted octanol–water partition coefficient (Wildman–Crippen LogP) is 1.95. The number of fused-ring (bicyclic) bond motifs is 1. The molecule has 0 unspecified atom stereocenters. The van der Waals surface area contributed by atoms with Gasteiger partial charge < -0.3 is 4.42 Å². The van der Waals surface area contributed by atoms with Gasteiger partial charge in [-0.1, -0.05) is 0 Å². The molecule has 3 rings (SSSR count). The highest BCUT2D eigenvalue weighted by Crippen LogP contribution is 2.19. The molecule has 1 aliphatic heterocycles. The van der Waals surface area contributed by atoms with Gasteiger partial charge in [-0.15, -0.1) is 0 Å². The summed E-state index contributed by atoms with van der Waals surface area (Å²) in [6, 6.07) is 0. The van der Waals surface area contributed by atoms with E-state index in [2.05, 4.69) is 19.9 Å². The first-order valence-electron chi connectivity index (χ1n) is 6.58. The third-order valence-corrected chi connectivity index (χ3v) is 3.51. The molecule has 0 saturated heterocycles. The Morgan fingerprint density at radius 1 is 1.26 bits per heavy atom. The predicted molar refractivity (Wildman–Crippen MR) is 70.6 cm³/mol. The molecule has 5 nitrogen and oxygen atoms in total. The van der Waals surface area contributed by atoms with Crippen LogP contribution < -0.4 is 0 Å². The van der Waals surface area contributed by atoms with Crippen molar-refractivity contribution in [2.24, 2.45) is 0 Å². The molecule has 0 atom stereocenters. The van der Waals surface area contributed by atoms with E-state index in [4.69, 9.17) is 4.42 Å². The van der Waals surface area contributed by atoms with Crippen molar-refractivity contribution in [1.29, 1.82) is 0 Å². The van der Waals surface area contributed by atoms with Crippen molar-refractivity contribution in [1.82, 2.24) is 19.9 Å². The first-order chi connectivity index (χ1) is 9.11. The molecule has 0 N–H and O–H groups in total. The quantitative estimate of drug-likeness (QED) is 0.824. The Morgan fingerprint density at radius 3 is 2.84 bits per heavy atom. The zero-order valence-electron chi connectivity index (χ0n) is 11.6. The van der Waals surface area contributed by atoms with Gasteiger partial charge in [0, 0.05) is 50.4 Å². The van der Waals surface area contributed by atoms with Gasteiger partial charge in [-0.2, -0.15) is 0 Å². The summed E-state index contributed by atoms with van der Waals surface area (Å²) < 4.78 is 5.48. The van der Waals surface area contributed by atoms with Crippen molar-refractivity contribution in [3.05, 3.63) is 40.6 Å². The van der Waals surface area contributed by atoms with E-state index in [0.717, 1.165) is 49.2 Å². The molecule has 0 bridgehead atoms. The number of hydrogen-bond acceptors (Lipinski definition) is 5. The van der Waals surface area contributed by atoms with E-state index in [1.165, 1.54) is 11.3 Å². The minimum atomic E-state index is 0.740. The molecule has 5 heteroatoms. The van der Waals surface area contributed by atoms with Crippen molar-refractivity contribution in [2.45, 2.75) is 40.3 Å². The lowest BCUT2D eigenvalue weighted by atomic mass is 10.1. The number of aromatic nitrogens is 3. The fourth-order valence-corrected chi connectivity index (χ4v) is 2.54. The highest BCUT2D eigenvalue weighted by molar-refractivity contribution is 5.21. The standard InChI is InChI=1S/C14H18N4O/c1-9-14(17-11(3)19-9)8-18-5-4-13-12(7-18)6-15-10(2)16-13/h6H,4-5,7-8H2,1-3H3. The zero-order valence-corrected chi connectivity index (χ0v) is 11.6. The summed E-state index contributed by atoms with van der Waals surface area (Å²) in [5.41, 5.74) is 3.46. The minimum absolute atomic E-state index is 0.740. The Labute approximate surface area is 112 Å². The minimum Gasteiger partial charge on any atom is -0.446 e. The van der Waals surface area contributed by atoms with Crippen molar-refractivity contribution in [2.75, 3.05) is 6.54 Å². The Balaban J connectivity index is 1.75. The van der Waals surface area contributed by atoms with Crippen molar-refractivity contribution < 1.29 is 4.42 Å². The van der Waals surface area contributed by atoms with Crippen molar-refractivity contribution >= 4 is 0 Å². The molecule has 0 spiro atoms. The van der Waals surface area contributed by atoms with Gasteiger partial charge in [-0.25, -0.2) is 15.0 Å². The van der Waals surface area contributed by atoms with Crippen LogP contribution in [0.25, 0.3) is 0 Å². The van der Waals surface area contributed by atoms with Gasteiger partial charge in [0.05, 0.1) is 5.69 Å². The van der Waals surface area contributed by atoms with E-state index in [9.17, 15) is 0 Å². The maximum Gasteiger partial charge on any atom is 0.191 e. The van der Waals surface area contributed by atoms with Gasteiger partial charge in [0.15, 0.2) is 5.89 Å². The van der Waals surface area contributed by atoms with E-state index >= 15 is 0 Å². The smallest absolute Gasteiger partial charge is 0.191 e. The normalized spacial score (nSPS) is 15.5. The van der Waals surface area contributed by atoms with Gasteiger partial charge in [-0.05, 0) is 13.8 Å². The Kier molecular flexibility index (Phi) is 3.06. The van der Waals surface area contributed by atoms with Crippen molar-refractivity contribution in [3.63, 3.8) is 0 Å². The van der Waals surface area contributed by atoms with Gasteiger partial charge >= 0.3 is 0 Å². The highest BCUT2D eigenvalue weighted by atomic mass is 16.4. The zero-order chi connectivity index (χ0) is 13.4. The van der Waals surface area contributed by atoms with Crippen LogP contribution in [-0.4, -0.2) is 26.4 Å². The Hall–Kier alpha value is -1.75. The van der Waals surface area contributed by atoms with E-state index in [1.807, 2.05) is 27.0 Å². The average Bonchev–Trinajstić information content (AvgIpc) is 2.68. The molecular weight excluding hydrogens is 240 g/mol. The second kappa shape index (κ2) is 4.74. The maximum absolute atomic E-state index is 5.48. The topological polar surface area (TPSA) is 55.1 Å². The number of oxazole rings is 1. The third kappa shape index (κ3) is 2.51. The number of nitrogens with zero attached hydrogens (tertiary/aromatic N) is 4. The number of aryl methyl sites for hydroxylation is 3. The SMILES string of the molecule is Cc1ncc2c(n1)CCN(Cc1nc(C)oc1C)C2. The summed E-state index contributed by atoms with van der Waals surface area (Å²) in [5.74, 6) is 2.52. The monoisotopic (exact) mass is 258 g/mol. The first kappa shape index (κ1) is 12.3. The average molecular weight is 258 g/mol. The Morgan fingerprint density at radius 2 is 2.11 bits per heavy atom. The Bertz CT molecular complexity index is 605. The highest BCUT2D eigenvalue weighted by Gasteiger charge is 2.20. The summed E-state index contributed by atoms with van der Waals surface area (Å²) in [7, 11) is 0. The van der Waals surface area contributed by atoms with E-state index in [0.29, 0.717) is 0 Å². The fourth-order valence-electron chi connectivity index (χ4n) is 2.54. The molecule has 0 amide bonds. The molecule has 100 valence electrons. The first-order valence-corrected chi connectivity index (χ1v) is 6.58. The van der Waals surface area contributed by atoms with E-state index in [1.54, 1.807) is 0 Å². The second-order valence-corrected chi connectivity index (χ2v) is 5.09. The molecule has 0 fully saturated rings. The maximum atomic E-state index is 5.48. The van der Waals surface area contributed by atoms with Crippen LogP contribution in [0, 0.1) is 20.8 Å². The third-order valence-electron chi connectivity index (χ3n) is 3.51. The fraction of sp³-hybridized carbons (Fsp3) is 0.500. The summed E-state index contributed by atoms with van der Waals surface area (Å²) in [5, 5.41) is 0. The van der Waals surface area contributed by atoms with Crippen LogP contribution in [0.1, 0.15) is 34.4 Å². The van der Waals surface area contributed by atoms with Crippen LogP contribution in [0.2, 0.25) is 0 Å². The van der Waals surface area contributed by atoms with Crippen LogP contribution in [-0.2, 0) is 19.5 Å². The van der Waals surface area contributed by atoms with Gasteiger partial charge in [-0.3, -0.25) is 4.90 Å². The molecule has 2 aromatic heterocycles. The van der Waals surface area contributed by atoms with Crippen molar-refractivity contribution in [3.8, 4) is 0 Å². The largest absolute Gasteiger partial charge is 0.446 e. The molecule has 0 radical (unpaired) electrons. The number of rotatable bonds is 2. The van der Waals surface area contributed by atoms with Crippen LogP contribution in [0.5, 0.6) is 0 Å². The molecule has 1 aliphatic rings. The molecule has 0 saturated carbocycles. The number of hydrogen-bond donors (Lipinski definition) is 0. The van der Waals surface area contributed by atoms with Gasteiger partial charge in [0.25, 0.3) is 0 Å². The summed E-state index contributed by atoms with van der Waals surface area (Å²) in [6.45, 7) is 8.53. The van der Waals surface area contributed by atoms with Gasteiger partial charge in [0.1, 0.15) is 11.6 Å². The lowest BCUT2D eigenvalue weighted by Gasteiger charge is -2.27. The summed E-state index contributed by atoms with van der Waals surface area (Å²) >= 11 is 0. The second-order valence-electron chi connectivity index (χ2n) is 5.09. The molecule has 0 aromatic carbocycles. The molecular formula is C14H18N4O.